The van der Waals surface area contributed by atoms with E-state index in [4.69, 9.17) is 0 Å². The van der Waals surface area contributed by atoms with E-state index in [1.54, 1.807) is 11.9 Å². The van der Waals surface area contributed by atoms with E-state index in [1.165, 1.54) is 24.3 Å². The molecule has 2 N–H and O–H groups in total. The summed E-state index contributed by atoms with van der Waals surface area (Å²) in [4.78, 5) is 43.3. The Morgan fingerprint density at radius 3 is 2.35 bits per heavy atom. The van der Waals surface area contributed by atoms with Gasteiger partial charge in [-0.2, -0.15) is 0 Å². The van der Waals surface area contributed by atoms with E-state index in [1.807, 2.05) is 30.3 Å². The van der Waals surface area contributed by atoms with Crippen LogP contribution in [-0.4, -0.2) is 32.8 Å². The predicted octanol–water partition coefficient (Wildman–Crippen LogP) is 2.69. The van der Waals surface area contributed by atoms with Gasteiger partial charge in [0.15, 0.2) is 0 Å². The summed E-state index contributed by atoms with van der Waals surface area (Å²) in [5.41, 5.74) is 4.44. The van der Waals surface area contributed by atoms with Crippen molar-refractivity contribution in [2.75, 3.05) is 17.4 Å². The average molecular weight is 423 g/mol. The maximum Gasteiger partial charge on any atom is 0.355 e. The van der Waals surface area contributed by atoms with Crippen molar-refractivity contribution in [3.8, 4) is 0 Å². The molecule has 3 rings (SSSR count). The number of amides is 1. The van der Waals surface area contributed by atoms with Crippen molar-refractivity contribution in [2.24, 2.45) is 0 Å². The lowest BCUT2D eigenvalue weighted by atomic mass is 10.2. The second-order valence-corrected chi connectivity index (χ2v) is 6.35. The number of anilines is 2. The Morgan fingerprint density at radius 1 is 1.00 bits per heavy atom. The molecule has 1 aromatic heterocycles. The van der Waals surface area contributed by atoms with Gasteiger partial charge in [-0.05, 0) is 11.6 Å². The van der Waals surface area contributed by atoms with Gasteiger partial charge in [0, 0.05) is 19.7 Å². The van der Waals surface area contributed by atoms with Crippen LogP contribution in [0.1, 0.15) is 15.9 Å². The van der Waals surface area contributed by atoms with Gasteiger partial charge in [-0.3, -0.25) is 35.9 Å². The highest BCUT2D eigenvalue weighted by atomic mass is 16.6. The molecule has 0 aliphatic rings. The molecule has 0 radical (unpaired) electrons. The molecule has 1 heterocycles. The highest BCUT2D eigenvalue weighted by Crippen LogP contribution is 2.31. The Balaban J connectivity index is 1.84. The van der Waals surface area contributed by atoms with Crippen LogP contribution in [0.5, 0.6) is 0 Å². The lowest BCUT2D eigenvalue weighted by molar-refractivity contribution is -0.385. The van der Waals surface area contributed by atoms with Gasteiger partial charge in [0.05, 0.1) is 9.85 Å². The Hall–Kier alpha value is -4.61. The molecule has 0 aliphatic heterocycles. The number of hydrogen-bond acceptors (Lipinski definition) is 9. The van der Waals surface area contributed by atoms with Gasteiger partial charge >= 0.3 is 5.69 Å². The second-order valence-electron chi connectivity index (χ2n) is 6.35. The van der Waals surface area contributed by atoms with Gasteiger partial charge in [-0.25, -0.2) is 9.97 Å². The summed E-state index contributed by atoms with van der Waals surface area (Å²) in [5, 5.41) is 22.8. The van der Waals surface area contributed by atoms with E-state index in [0.29, 0.717) is 6.54 Å². The number of benzene rings is 2. The molecular formula is C19H17N7O5. The number of nitro benzene ring substituents is 1. The maximum absolute atomic E-state index is 12.4. The number of nitro groups is 2. The predicted molar refractivity (Wildman–Crippen MR) is 111 cm³/mol. The van der Waals surface area contributed by atoms with Crippen molar-refractivity contribution in [3.05, 3.63) is 92.3 Å². The number of nitrogens with zero attached hydrogens (tertiary/aromatic N) is 5. The molecule has 12 nitrogen and oxygen atoms in total. The van der Waals surface area contributed by atoms with Gasteiger partial charge in [-0.1, -0.05) is 42.5 Å². The van der Waals surface area contributed by atoms with Gasteiger partial charge < -0.3 is 4.90 Å². The summed E-state index contributed by atoms with van der Waals surface area (Å²) in [5.74, 6) is -1.08. The first-order valence-corrected chi connectivity index (χ1v) is 8.92. The summed E-state index contributed by atoms with van der Waals surface area (Å²) in [6.45, 7) is 0.348. The number of rotatable bonds is 8. The Kier molecular flexibility index (Phi) is 6.30. The van der Waals surface area contributed by atoms with Gasteiger partial charge in [-0.15, -0.1) is 0 Å². The van der Waals surface area contributed by atoms with Crippen LogP contribution >= 0.6 is 0 Å². The third-order valence-corrected chi connectivity index (χ3v) is 4.25. The lowest BCUT2D eigenvalue weighted by Crippen LogP contribution is -2.31. The van der Waals surface area contributed by atoms with E-state index in [2.05, 4.69) is 20.8 Å². The first kappa shape index (κ1) is 21.1. The Bertz CT molecular complexity index is 1120. The Morgan fingerprint density at radius 2 is 1.68 bits per heavy atom. The van der Waals surface area contributed by atoms with E-state index in [9.17, 15) is 25.0 Å². The number of carbonyl (C=O) groups excluding carboxylic acids is 1. The van der Waals surface area contributed by atoms with Crippen molar-refractivity contribution in [1.29, 1.82) is 0 Å². The van der Waals surface area contributed by atoms with Crippen LogP contribution in [0.25, 0.3) is 0 Å². The van der Waals surface area contributed by atoms with Gasteiger partial charge in [0.2, 0.25) is 11.6 Å². The highest BCUT2D eigenvalue weighted by molar-refractivity contribution is 5.98. The molecule has 1 amide bonds. The van der Waals surface area contributed by atoms with Gasteiger partial charge in [0.25, 0.3) is 11.6 Å². The van der Waals surface area contributed by atoms with Crippen LogP contribution in [-0.2, 0) is 6.54 Å². The molecule has 0 bridgehead atoms. The fourth-order valence-corrected chi connectivity index (χ4v) is 2.85. The number of aromatic nitrogens is 2. The summed E-state index contributed by atoms with van der Waals surface area (Å²) >= 11 is 0. The van der Waals surface area contributed by atoms with E-state index in [0.717, 1.165) is 11.9 Å². The van der Waals surface area contributed by atoms with Crippen molar-refractivity contribution >= 4 is 28.9 Å². The number of para-hydroxylation sites is 1. The highest BCUT2D eigenvalue weighted by Gasteiger charge is 2.27. The van der Waals surface area contributed by atoms with Crippen molar-refractivity contribution in [1.82, 2.24) is 15.4 Å². The fraction of sp³-hybridized carbons (Fsp3) is 0.105. The monoisotopic (exact) mass is 423 g/mol. The standard InChI is InChI=1S/C19H17N7O5/c1-24(11-13-7-3-2-4-8-13)18-16(26(30)31)17(20-12-21-18)22-23-19(27)14-9-5-6-10-15(14)25(28)29/h2-10,12H,11H2,1H3,(H,23,27)(H,20,21,22). The molecular weight excluding hydrogens is 406 g/mol. The third kappa shape index (κ3) is 4.87. The van der Waals surface area contributed by atoms with Crippen LogP contribution in [0.15, 0.2) is 60.9 Å². The summed E-state index contributed by atoms with van der Waals surface area (Å²) in [7, 11) is 1.64. The first-order valence-electron chi connectivity index (χ1n) is 8.92. The molecule has 0 saturated heterocycles. The van der Waals surface area contributed by atoms with Crippen LogP contribution in [0, 0.1) is 20.2 Å². The number of carbonyl (C=O) groups is 1. The number of hydrazine groups is 1. The van der Waals surface area contributed by atoms with Crippen LogP contribution in [0.4, 0.5) is 23.0 Å². The molecule has 0 fully saturated rings. The van der Waals surface area contributed by atoms with Crippen LogP contribution in [0.3, 0.4) is 0 Å². The fourth-order valence-electron chi connectivity index (χ4n) is 2.85. The first-order chi connectivity index (χ1) is 14.9. The topological polar surface area (TPSA) is 156 Å². The van der Waals surface area contributed by atoms with Crippen molar-refractivity contribution in [3.63, 3.8) is 0 Å². The normalized spacial score (nSPS) is 10.2. The minimum atomic E-state index is -0.848. The summed E-state index contributed by atoms with van der Waals surface area (Å²) in [6, 6.07) is 14.6. The zero-order valence-electron chi connectivity index (χ0n) is 16.3. The third-order valence-electron chi connectivity index (χ3n) is 4.25. The zero-order valence-corrected chi connectivity index (χ0v) is 16.3. The molecule has 0 aliphatic carbocycles. The van der Waals surface area contributed by atoms with Crippen molar-refractivity contribution in [2.45, 2.75) is 6.54 Å². The number of hydrogen-bond donors (Lipinski definition) is 2. The van der Waals surface area contributed by atoms with Crippen molar-refractivity contribution < 1.29 is 14.6 Å². The molecule has 3 aromatic rings. The quantitative estimate of drug-likeness (QED) is 0.410. The molecule has 0 atom stereocenters. The minimum absolute atomic E-state index is 0.0336. The zero-order chi connectivity index (χ0) is 22.4. The van der Waals surface area contributed by atoms with E-state index >= 15 is 0 Å². The van der Waals surface area contributed by atoms with E-state index < -0.39 is 27.1 Å². The Labute approximate surface area is 175 Å². The van der Waals surface area contributed by atoms with Gasteiger partial charge in [0.1, 0.15) is 11.9 Å². The largest absolute Gasteiger partial charge is 0.355 e. The molecule has 0 unspecified atom stereocenters. The lowest BCUT2D eigenvalue weighted by Gasteiger charge is -2.19. The number of nitrogens with one attached hydrogen (secondary N) is 2. The van der Waals surface area contributed by atoms with Crippen LogP contribution in [0.2, 0.25) is 0 Å². The molecule has 0 saturated carbocycles. The van der Waals surface area contributed by atoms with Crippen LogP contribution < -0.4 is 15.8 Å². The smallest absolute Gasteiger partial charge is 0.349 e. The minimum Gasteiger partial charge on any atom is -0.349 e. The van der Waals surface area contributed by atoms with E-state index in [-0.39, 0.29) is 17.2 Å². The molecule has 0 spiro atoms. The second kappa shape index (κ2) is 9.26. The average Bonchev–Trinajstić information content (AvgIpc) is 2.77. The molecule has 31 heavy (non-hydrogen) atoms. The summed E-state index contributed by atoms with van der Waals surface area (Å²) in [6.07, 6.45) is 1.11. The maximum atomic E-state index is 12.4. The molecule has 2 aromatic carbocycles. The summed E-state index contributed by atoms with van der Waals surface area (Å²) < 4.78 is 0. The molecule has 158 valence electrons. The SMILES string of the molecule is CN(Cc1ccccc1)c1ncnc(NNC(=O)c2ccccc2[N+](=O)[O-])c1[N+](=O)[O-]. The molecule has 12 heteroatoms.